The van der Waals surface area contributed by atoms with Gasteiger partial charge in [0, 0.05) is 6.61 Å². The lowest BCUT2D eigenvalue weighted by Gasteiger charge is -2.01. The Morgan fingerprint density at radius 2 is 1.82 bits per heavy atom. The fourth-order valence-corrected chi connectivity index (χ4v) is 0.692. The van der Waals surface area contributed by atoms with Crippen molar-refractivity contribution in [1.82, 2.24) is 0 Å². The summed E-state index contributed by atoms with van der Waals surface area (Å²) in [5.74, 6) is 0. The second kappa shape index (κ2) is 7.25. The van der Waals surface area contributed by atoms with Crippen LogP contribution in [0.1, 0.15) is 5.56 Å². The van der Waals surface area contributed by atoms with Gasteiger partial charge in [-0.05, 0) is 5.56 Å². The van der Waals surface area contributed by atoms with Gasteiger partial charge in [0.25, 0.3) is 0 Å². The molecule has 1 aromatic rings. The van der Waals surface area contributed by atoms with Crippen molar-refractivity contribution in [3.63, 3.8) is 0 Å². The Morgan fingerprint density at radius 3 is 2.27 bits per heavy atom. The molecule has 0 saturated heterocycles. The molecule has 0 spiro atoms. The Balaban J connectivity index is 0.000000461. The van der Waals surface area contributed by atoms with Gasteiger partial charge in [-0.3, -0.25) is 0 Å². The van der Waals surface area contributed by atoms with E-state index in [1.165, 1.54) is 0 Å². The minimum absolute atomic E-state index is 0.598. The minimum Gasteiger partial charge on any atom is -0.857 e. The van der Waals surface area contributed by atoms with Crippen LogP contribution in [-0.2, 0) is 11.3 Å². The van der Waals surface area contributed by atoms with Gasteiger partial charge in [0.15, 0.2) is 0 Å². The Morgan fingerprint density at radius 1 is 1.27 bits per heavy atom. The van der Waals surface area contributed by atoms with E-state index in [1.807, 2.05) is 30.3 Å². The molecule has 1 rings (SSSR count). The topological polar surface area (TPSA) is 32.3 Å². The first-order chi connectivity index (χ1) is 5.43. The summed E-state index contributed by atoms with van der Waals surface area (Å²) < 4.78 is 4.68. The highest BCUT2D eigenvalue weighted by Gasteiger charge is 1.82. The average molecular weight is 152 g/mol. The number of ether oxygens (including phenoxy) is 1. The van der Waals surface area contributed by atoms with Crippen LogP contribution in [0.25, 0.3) is 0 Å². The van der Waals surface area contributed by atoms with Crippen LogP contribution < -0.4 is 5.11 Å². The lowest BCUT2D eigenvalue weighted by molar-refractivity contribution is -0.325. The van der Waals surface area contributed by atoms with Crippen molar-refractivity contribution in [2.24, 2.45) is 0 Å². The molecule has 2 heteroatoms. The maximum atomic E-state index is 8.25. The van der Waals surface area contributed by atoms with Crippen molar-refractivity contribution in [3.8, 4) is 0 Å². The van der Waals surface area contributed by atoms with E-state index in [0.29, 0.717) is 6.61 Å². The fourth-order valence-electron chi connectivity index (χ4n) is 0.692. The first kappa shape index (κ1) is 10.1. The van der Waals surface area contributed by atoms with Gasteiger partial charge in [-0.1, -0.05) is 30.3 Å². The summed E-state index contributed by atoms with van der Waals surface area (Å²) in [4.78, 5) is 0. The van der Waals surface area contributed by atoms with Gasteiger partial charge < -0.3 is 9.84 Å². The molecule has 0 fully saturated rings. The van der Waals surface area contributed by atoms with Crippen LogP contribution in [0.5, 0.6) is 0 Å². The summed E-state index contributed by atoms with van der Waals surface area (Å²) in [6.45, 7) is 0.598. The molecule has 0 aliphatic rings. The summed E-state index contributed by atoms with van der Waals surface area (Å²) in [5.41, 5.74) is 1.16. The van der Waals surface area contributed by atoms with E-state index >= 15 is 0 Å². The molecule has 0 atom stereocenters. The first-order valence-electron chi connectivity index (χ1n) is 3.25. The van der Waals surface area contributed by atoms with E-state index in [0.717, 1.165) is 12.7 Å². The molecule has 62 valence electrons. The van der Waals surface area contributed by atoms with E-state index in [9.17, 15) is 0 Å². The zero-order valence-electron chi connectivity index (χ0n) is 6.62. The quantitative estimate of drug-likeness (QED) is 0.591. The van der Waals surface area contributed by atoms with Crippen LogP contribution in [0.15, 0.2) is 30.3 Å². The van der Waals surface area contributed by atoms with Crippen molar-refractivity contribution >= 4 is 0 Å². The highest BCUT2D eigenvalue weighted by molar-refractivity contribution is 5.13. The highest BCUT2D eigenvalue weighted by atomic mass is 16.5. The van der Waals surface area contributed by atoms with E-state index in [4.69, 9.17) is 5.11 Å². The highest BCUT2D eigenvalue weighted by Crippen LogP contribution is 1.98. The minimum atomic E-state index is 0.598. The summed E-state index contributed by atoms with van der Waals surface area (Å²) in [6, 6.07) is 9.95. The van der Waals surface area contributed by atoms with Crippen LogP contribution in [0.3, 0.4) is 0 Å². The van der Waals surface area contributed by atoms with E-state index in [-0.39, 0.29) is 0 Å². The molecule has 0 saturated carbocycles. The lowest BCUT2D eigenvalue weighted by Crippen LogP contribution is -1.82. The molecule has 0 aromatic heterocycles. The monoisotopic (exact) mass is 152 g/mol. The largest absolute Gasteiger partial charge is 0.857 e. The standard InChI is InChI=1S/C8H9O.CH3O/c1-9-7-8-5-3-2-4-6-8;1-2/h2-6H,1,7H2;1H3/q2*-1. The number of benzene rings is 1. The number of rotatable bonds is 2. The van der Waals surface area contributed by atoms with Gasteiger partial charge in [-0.2, -0.15) is 7.11 Å². The SMILES string of the molecule is C[O-].[CH2-]OCc1ccccc1. The molecule has 0 bridgehead atoms. The molecule has 0 amide bonds. The fraction of sp³-hybridized carbons (Fsp3) is 0.222. The van der Waals surface area contributed by atoms with Gasteiger partial charge in [0.05, 0.1) is 0 Å². The molecule has 0 radical (unpaired) electrons. The van der Waals surface area contributed by atoms with Crippen molar-refractivity contribution in [1.29, 1.82) is 0 Å². The predicted octanol–water partition coefficient (Wildman–Crippen LogP) is 0.971. The third-order valence-electron chi connectivity index (χ3n) is 1.11. The van der Waals surface area contributed by atoms with Crippen LogP contribution in [-0.4, -0.2) is 7.11 Å². The molecule has 2 nitrogen and oxygen atoms in total. The maximum Gasteiger partial charge on any atom is 0.0373 e. The van der Waals surface area contributed by atoms with Gasteiger partial charge in [-0.15, -0.1) is 0 Å². The Hall–Kier alpha value is -0.860. The first-order valence-corrected chi connectivity index (χ1v) is 3.25. The van der Waals surface area contributed by atoms with Crippen LogP contribution in [0.2, 0.25) is 0 Å². The molecule has 0 unspecified atom stereocenters. The van der Waals surface area contributed by atoms with Crippen molar-refractivity contribution in [2.75, 3.05) is 7.11 Å². The normalized spacial score (nSPS) is 8.27. The van der Waals surface area contributed by atoms with Crippen molar-refractivity contribution in [2.45, 2.75) is 6.61 Å². The van der Waals surface area contributed by atoms with Gasteiger partial charge in [0.1, 0.15) is 0 Å². The van der Waals surface area contributed by atoms with Gasteiger partial charge in [0.2, 0.25) is 0 Å². The molecular formula is C9H12O2-2. The van der Waals surface area contributed by atoms with Gasteiger partial charge in [-0.25, -0.2) is 7.11 Å². The Labute approximate surface area is 67.4 Å². The third-order valence-corrected chi connectivity index (χ3v) is 1.11. The molecule has 1 aromatic carbocycles. The zero-order valence-corrected chi connectivity index (χ0v) is 6.62. The van der Waals surface area contributed by atoms with Crippen LogP contribution in [0, 0.1) is 7.11 Å². The third kappa shape index (κ3) is 4.53. The van der Waals surface area contributed by atoms with Gasteiger partial charge >= 0.3 is 0 Å². The zero-order chi connectivity index (χ0) is 8.53. The second-order valence-electron chi connectivity index (χ2n) is 1.83. The predicted molar refractivity (Wildman–Crippen MR) is 42.5 cm³/mol. The van der Waals surface area contributed by atoms with Crippen LogP contribution >= 0.6 is 0 Å². The van der Waals surface area contributed by atoms with Crippen LogP contribution in [0.4, 0.5) is 0 Å². The Bertz CT molecular complexity index is 160. The van der Waals surface area contributed by atoms with E-state index in [2.05, 4.69) is 11.8 Å². The summed E-state index contributed by atoms with van der Waals surface area (Å²) >= 11 is 0. The maximum absolute atomic E-state index is 8.25. The second-order valence-corrected chi connectivity index (χ2v) is 1.83. The Kier molecular flexibility index (Phi) is 6.68. The molecule has 11 heavy (non-hydrogen) atoms. The molecule has 0 N–H and O–H groups in total. The molecule has 0 heterocycles. The molecular weight excluding hydrogens is 140 g/mol. The van der Waals surface area contributed by atoms with Crippen molar-refractivity contribution < 1.29 is 9.84 Å². The summed E-state index contributed by atoms with van der Waals surface area (Å²) in [6.07, 6.45) is 0. The summed E-state index contributed by atoms with van der Waals surface area (Å²) in [5, 5.41) is 8.25. The molecule has 0 aliphatic heterocycles. The van der Waals surface area contributed by atoms with Crippen molar-refractivity contribution in [3.05, 3.63) is 43.0 Å². The number of hydrogen-bond donors (Lipinski definition) is 0. The average Bonchev–Trinajstić information content (AvgIpc) is 2.11. The van der Waals surface area contributed by atoms with E-state index < -0.39 is 0 Å². The summed E-state index contributed by atoms with van der Waals surface area (Å²) in [7, 11) is 4.03. The smallest absolute Gasteiger partial charge is 0.0373 e. The molecule has 0 aliphatic carbocycles. The lowest BCUT2D eigenvalue weighted by atomic mass is 10.2. The number of hydrogen-bond acceptors (Lipinski definition) is 2. The van der Waals surface area contributed by atoms with E-state index in [1.54, 1.807) is 0 Å².